The molecule has 0 radical (unpaired) electrons. The SMILES string of the molecule is CCCCN(C)Cc1[nH]nc2ccc(OC3CCN(C(C)=O)CC3)cc12.CCCCN(C)Cc1[nH]nc2ccc(OCC3CCCCC3)cc12.CCCCN(C)Cc1[nH]nc2ccc(Oc3ccc(C)cc3)cc12.CCCCN(C)Cc1[nH]nc2ccc(Oc3ccc(C)cc3)cc12.CCCCN(C)Cc1[nH]nc2ccc(Oc3ccc(OC)cc3)cc12.CCCCN(C)Cc1[nH]nc2ccc(Oc3ccccc3OC(C)C)cc12. The summed E-state index contributed by atoms with van der Waals surface area (Å²) in [6.45, 7) is 37.2. The molecule has 6 N–H and O–H groups in total. The summed E-state index contributed by atoms with van der Waals surface area (Å²) in [7, 11) is 14.5. The van der Waals surface area contributed by atoms with Crippen LogP contribution in [-0.4, -0.2) is 222 Å². The Morgan fingerprint density at radius 2 is 0.613 bits per heavy atom. The number of piperidine rings is 1. The number of rotatable bonds is 46. The summed E-state index contributed by atoms with van der Waals surface area (Å²) in [5, 5.41) is 52.3. The number of methoxy groups -OCH3 is 1. The Bertz CT molecular complexity index is 6560. The molecule has 1 aliphatic carbocycles. The van der Waals surface area contributed by atoms with Gasteiger partial charge in [-0.25, -0.2) is 0 Å². The molecule has 6 aromatic heterocycles. The predicted molar refractivity (Wildman–Crippen MR) is 610 cm³/mol. The fourth-order valence-corrected chi connectivity index (χ4v) is 18.4. The van der Waals surface area contributed by atoms with E-state index in [1.54, 1.807) is 14.0 Å². The molecule has 28 heteroatoms. The third-order valence-electron chi connectivity index (χ3n) is 27.2. The van der Waals surface area contributed by atoms with Crippen molar-refractivity contribution in [2.24, 2.45) is 5.92 Å². The number of nitrogens with one attached hydrogen (secondary N) is 6. The number of H-pyrrole nitrogens is 6. The second-order valence-corrected chi connectivity index (χ2v) is 40.8. The summed E-state index contributed by atoms with van der Waals surface area (Å²) < 4.78 is 47.4. The standard InChI is InChI=1S/C22H29N3O2.C20H30N4O2.C20H25N3O2.2C20H25N3O.C20H31N3O/c1-5-6-13-25(4)15-20-18-14-17(11-12-19(18)23-24-20)27-22-10-8-7-9-21(22)26-16(2)3;1-4-5-10-23(3)14-20-18-13-17(6-7-19(18)21-22-20)26-16-8-11-24(12-9-16)15(2)25;1-4-5-12-23(2)14-20-18-13-17(10-11-19(18)21-22-20)25-16-8-6-15(24-3)7-9-16;2*1-4-5-12-23(3)14-20-18-13-17(10-11-19(18)21-22-20)24-16-8-6-15(2)7-9-16;1-3-4-12-23(2)14-20-18-13-17(10-11-19(18)21-22-20)24-15-16-8-6-5-7-9-16/h7-12,14,16H,5-6,13,15H2,1-4H3,(H,23,24);6-7,13,16H,4-5,8-12,14H2,1-3H3,(H,21,22);6-11,13H,4-5,12,14H2,1-3H3,(H,21,22);2*6-11,13H,4-5,12,14H2,1-3H3,(H,21,22);10-11,13,16H,3-9,12,14-15H2,1-2H3,(H,21,22). The number of benzene rings is 10. The maximum absolute atomic E-state index is 11.4. The molecule has 18 rings (SSSR count). The molecule has 1 saturated carbocycles. The van der Waals surface area contributed by atoms with Gasteiger partial charge in [-0.2, -0.15) is 30.6 Å². The lowest BCUT2D eigenvalue weighted by molar-refractivity contribution is -0.130. The quantitative estimate of drug-likeness (QED) is 0.0207. The molecule has 16 aromatic rings. The summed E-state index contributed by atoms with van der Waals surface area (Å²) in [5.74, 6) is 10.8. The molecule has 0 bridgehead atoms. The van der Waals surface area contributed by atoms with Crippen LogP contribution >= 0.6 is 0 Å². The van der Waals surface area contributed by atoms with Crippen LogP contribution in [0.1, 0.15) is 230 Å². The molecule has 1 amide bonds. The van der Waals surface area contributed by atoms with Crippen molar-refractivity contribution in [3.63, 3.8) is 0 Å². The molecule has 0 atom stereocenters. The van der Waals surface area contributed by atoms with Crippen LogP contribution in [-0.2, 0) is 44.1 Å². The Morgan fingerprint density at radius 1 is 0.340 bits per heavy atom. The maximum atomic E-state index is 11.4. The van der Waals surface area contributed by atoms with Gasteiger partial charge in [0.2, 0.25) is 5.91 Å². The number of aryl methyl sites for hydroxylation is 2. The first-order valence-electron chi connectivity index (χ1n) is 54.6. The Morgan fingerprint density at radius 3 is 0.920 bits per heavy atom. The lowest BCUT2D eigenvalue weighted by atomic mass is 9.90. The zero-order chi connectivity index (χ0) is 106. The van der Waals surface area contributed by atoms with Gasteiger partial charge >= 0.3 is 0 Å². The summed E-state index contributed by atoms with van der Waals surface area (Å²) in [5.41, 5.74) is 15.1. The van der Waals surface area contributed by atoms with Crippen LogP contribution in [0.4, 0.5) is 0 Å². The van der Waals surface area contributed by atoms with Crippen LogP contribution < -0.4 is 37.9 Å². The molecule has 10 aromatic carbocycles. The van der Waals surface area contributed by atoms with E-state index >= 15 is 0 Å². The highest BCUT2D eigenvalue weighted by Gasteiger charge is 2.25. The Kier molecular flexibility index (Phi) is 45.0. The van der Waals surface area contributed by atoms with Crippen molar-refractivity contribution in [3.05, 3.63) is 252 Å². The molecular weight excluding hydrogens is 1880 g/mol. The van der Waals surface area contributed by atoms with Crippen LogP contribution in [0.15, 0.2) is 206 Å². The van der Waals surface area contributed by atoms with Crippen LogP contribution in [0.2, 0.25) is 0 Å². The summed E-state index contributed by atoms with van der Waals surface area (Å²) in [4.78, 5) is 27.3. The molecule has 1 aliphatic heterocycles. The monoisotopic (exact) mass is 2040 g/mol. The number of carbonyl (C=O) groups excluding carboxylic acids is 1. The minimum Gasteiger partial charge on any atom is -0.497 e. The number of aromatic amines is 6. The number of aromatic nitrogens is 12. The highest BCUT2D eigenvalue weighted by Crippen LogP contribution is 2.38. The van der Waals surface area contributed by atoms with Crippen LogP contribution in [0.5, 0.6) is 69.0 Å². The minimum atomic E-state index is 0.0939. The number of para-hydroxylation sites is 2. The van der Waals surface area contributed by atoms with E-state index in [1.165, 1.54) is 131 Å². The van der Waals surface area contributed by atoms with Gasteiger partial charge in [0, 0.05) is 104 Å². The molecule has 1 saturated heterocycles. The van der Waals surface area contributed by atoms with Crippen LogP contribution in [0, 0.1) is 19.8 Å². The number of hydrogen-bond acceptors (Lipinski definition) is 21. The number of fused-ring (bicyclic) bond motifs is 6. The Balaban J connectivity index is 0.000000150. The smallest absolute Gasteiger partial charge is 0.219 e. The van der Waals surface area contributed by atoms with Gasteiger partial charge in [-0.05, 0) is 336 Å². The Hall–Kier alpha value is -13.4. The van der Waals surface area contributed by atoms with E-state index in [0.717, 1.165) is 274 Å². The zero-order valence-electron chi connectivity index (χ0n) is 92.4. The van der Waals surface area contributed by atoms with Crippen molar-refractivity contribution in [2.45, 2.75) is 250 Å². The van der Waals surface area contributed by atoms with E-state index in [4.69, 9.17) is 37.9 Å². The maximum Gasteiger partial charge on any atom is 0.219 e. The van der Waals surface area contributed by atoms with Gasteiger partial charge in [-0.15, -0.1) is 0 Å². The van der Waals surface area contributed by atoms with Crippen molar-refractivity contribution in [1.82, 2.24) is 95.5 Å². The molecular formula is C122H165N19O9. The molecule has 2 fully saturated rings. The third kappa shape index (κ3) is 35.4. The number of unbranched alkanes of at least 4 members (excludes halogenated alkanes) is 6. The average molecular weight is 2040 g/mol. The van der Waals surface area contributed by atoms with E-state index in [9.17, 15) is 4.79 Å². The zero-order valence-corrected chi connectivity index (χ0v) is 92.4. The van der Waals surface area contributed by atoms with Crippen LogP contribution in [0.25, 0.3) is 65.4 Å². The number of nitrogens with zero attached hydrogens (tertiary/aromatic N) is 13. The van der Waals surface area contributed by atoms with Crippen LogP contribution in [0.3, 0.4) is 0 Å². The summed E-state index contributed by atoms with van der Waals surface area (Å²) in [6, 6.07) is 68.0. The van der Waals surface area contributed by atoms with Gasteiger partial charge in [0.1, 0.15) is 63.6 Å². The largest absolute Gasteiger partial charge is 0.497 e. The third-order valence-corrected chi connectivity index (χ3v) is 27.2. The van der Waals surface area contributed by atoms with Gasteiger partial charge in [0.05, 0.1) is 87.1 Å². The van der Waals surface area contributed by atoms with Crippen molar-refractivity contribution in [2.75, 3.05) is 108 Å². The van der Waals surface area contributed by atoms with E-state index in [1.807, 2.05) is 164 Å². The molecule has 150 heavy (non-hydrogen) atoms. The van der Waals surface area contributed by atoms with Crippen molar-refractivity contribution in [1.29, 1.82) is 0 Å². The minimum absolute atomic E-state index is 0.0939. The molecule has 0 spiro atoms. The van der Waals surface area contributed by atoms with Gasteiger partial charge < -0.3 is 72.2 Å². The van der Waals surface area contributed by atoms with Gasteiger partial charge in [0.15, 0.2) is 11.5 Å². The summed E-state index contributed by atoms with van der Waals surface area (Å²) >= 11 is 0. The fraction of sp³-hybridized carbons (Fsp3) is 0.451. The van der Waals surface area contributed by atoms with Crippen molar-refractivity contribution in [3.8, 4) is 69.0 Å². The van der Waals surface area contributed by atoms with Crippen molar-refractivity contribution < 1.29 is 42.7 Å². The molecule has 28 nitrogen and oxygen atoms in total. The number of amides is 1. The first-order valence-corrected chi connectivity index (χ1v) is 54.6. The number of likely N-dealkylation sites (tertiary alicyclic amines) is 1. The fourth-order valence-electron chi connectivity index (χ4n) is 18.4. The normalized spacial score (nSPS) is 12.9. The molecule has 2 aliphatic rings. The molecule has 7 heterocycles. The first kappa shape index (κ1) is 114. The lowest BCUT2D eigenvalue weighted by Gasteiger charge is -2.31. The second-order valence-electron chi connectivity index (χ2n) is 40.8. The highest BCUT2D eigenvalue weighted by atomic mass is 16.5. The molecule has 0 unspecified atom stereocenters. The molecule has 802 valence electrons. The van der Waals surface area contributed by atoms with Crippen molar-refractivity contribution >= 4 is 71.3 Å². The van der Waals surface area contributed by atoms with E-state index in [-0.39, 0.29) is 18.1 Å². The average Bonchev–Trinajstić information content (AvgIpc) is 1.66. The van der Waals surface area contributed by atoms with E-state index in [0.29, 0.717) is 0 Å². The Labute approximate surface area is 888 Å². The van der Waals surface area contributed by atoms with Gasteiger partial charge in [-0.3, -0.25) is 35.4 Å². The van der Waals surface area contributed by atoms with E-state index in [2.05, 4.69) is 249 Å². The lowest BCUT2D eigenvalue weighted by Crippen LogP contribution is -2.40. The predicted octanol–water partition coefficient (Wildman–Crippen LogP) is 27.7. The van der Waals surface area contributed by atoms with Gasteiger partial charge in [-0.1, -0.05) is 147 Å². The first-order chi connectivity index (χ1) is 72.9. The number of ether oxygens (including phenoxy) is 8. The number of hydrogen-bond donors (Lipinski definition) is 6. The second kappa shape index (κ2) is 59.3. The highest BCUT2D eigenvalue weighted by molar-refractivity contribution is 5.87. The number of carbonyl (C=O) groups is 1. The van der Waals surface area contributed by atoms with E-state index < -0.39 is 0 Å². The summed E-state index contributed by atoms with van der Waals surface area (Å²) in [6.07, 6.45) is 23.3. The van der Waals surface area contributed by atoms with Gasteiger partial charge in [0.25, 0.3) is 0 Å². The topological polar surface area (TPSA) is 286 Å².